The Morgan fingerprint density at radius 1 is 1.19 bits per heavy atom. The summed E-state index contributed by atoms with van der Waals surface area (Å²) in [4.78, 5) is 19.1. The minimum atomic E-state index is 0. The number of likely N-dealkylation sites (tertiary alicyclic amines) is 1. The standard InChI is InChI=1S/C18H34N4O3.HI/c1-3-19-18(20-9-11-25-13-12-24-2)21-16-8-10-22(14-16)17(23)15-6-4-5-7-15;/h15-16H,3-14H2,1-2H3,(H2,19,20,21);1H. The van der Waals surface area contributed by atoms with Crippen LogP contribution in [-0.4, -0.2) is 75.9 Å². The highest BCUT2D eigenvalue weighted by atomic mass is 127. The number of aliphatic imine (C=N–C) groups is 1. The molecule has 26 heavy (non-hydrogen) atoms. The average Bonchev–Trinajstić information content (AvgIpc) is 3.29. The van der Waals surface area contributed by atoms with Crippen molar-refractivity contribution in [1.29, 1.82) is 0 Å². The summed E-state index contributed by atoms with van der Waals surface area (Å²) < 4.78 is 10.4. The molecule has 1 amide bonds. The van der Waals surface area contributed by atoms with Crippen LogP contribution in [0.4, 0.5) is 0 Å². The summed E-state index contributed by atoms with van der Waals surface area (Å²) in [6, 6.07) is 0.276. The molecule has 0 aromatic carbocycles. The lowest BCUT2D eigenvalue weighted by atomic mass is 10.1. The number of hydrogen-bond acceptors (Lipinski definition) is 4. The van der Waals surface area contributed by atoms with Gasteiger partial charge in [0.25, 0.3) is 0 Å². The van der Waals surface area contributed by atoms with Crippen molar-refractivity contribution in [2.24, 2.45) is 10.9 Å². The second kappa shape index (κ2) is 13.5. The van der Waals surface area contributed by atoms with Gasteiger partial charge in [0.05, 0.1) is 26.4 Å². The van der Waals surface area contributed by atoms with Crippen molar-refractivity contribution >= 4 is 35.8 Å². The molecule has 2 fully saturated rings. The molecule has 8 heteroatoms. The van der Waals surface area contributed by atoms with E-state index in [0.29, 0.717) is 32.3 Å². The van der Waals surface area contributed by atoms with E-state index in [-0.39, 0.29) is 35.9 Å². The Morgan fingerprint density at radius 3 is 2.65 bits per heavy atom. The van der Waals surface area contributed by atoms with Crippen molar-refractivity contribution in [2.45, 2.75) is 45.1 Å². The molecule has 152 valence electrons. The third-order valence-corrected chi connectivity index (χ3v) is 4.83. The van der Waals surface area contributed by atoms with E-state index in [1.165, 1.54) is 12.8 Å². The Bertz CT molecular complexity index is 431. The number of rotatable bonds is 9. The number of carbonyl (C=O) groups excluding carboxylic acids is 1. The summed E-state index contributed by atoms with van der Waals surface area (Å²) in [6.07, 6.45) is 5.53. The average molecular weight is 482 g/mol. The number of carbonyl (C=O) groups is 1. The first-order valence-corrected chi connectivity index (χ1v) is 9.65. The van der Waals surface area contributed by atoms with Gasteiger partial charge in [-0.2, -0.15) is 0 Å². The van der Waals surface area contributed by atoms with Crippen LogP contribution in [0, 0.1) is 5.92 Å². The molecule has 1 heterocycles. The smallest absolute Gasteiger partial charge is 0.225 e. The van der Waals surface area contributed by atoms with Gasteiger partial charge in [-0.3, -0.25) is 9.79 Å². The van der Waals surface area contributed by atoms with E-state index >= 15 is 0 Å². The normalized spacial score (nSPS) is 20.9. The van der Waals surface area contributed by atoms with Gasteiger partial charge in [-0.25, -0.2) is 0 Å². The zero-order valence-corrected chi connectivity index (χ0v) is 18.5. The molecule has 7 nitrogen and oxygen atoms in total. The van der Waals surface area contributed by atoms with Gasteiger partial charge in [-0.15, -0.1) is 24.0 Å². The molecule has 2 N–H and O–H groups in total. The van der Waals surface area contributed by atoms with Gasteiger partial charge in [0.1, 0.15) is 0 Å². The summed E-state index contributed by atoms with van der Waals surface area (Å²) in [5.41, 5.74) is 0. The van der Waals surface area contributed by atoms with E-state index in [0.717, 1.165) is 44.9 Å². The predicted molar refractivity (Wildman–Crippen MR) is 114 cm³/mol. The second-order valence-corrected chi connectivity index (χ2v) is 6.76. The van der Waals surface area contributed by atoms with Gasteiger partial charge in [-0.1, -0.05) is 12.8 Å². The van der Waals surface area contributed by atoms with Crippen molar-refractivity contribution in [3.05, 3.63) is 0 Å². The van der Waals surface area contributed by atoms with Crippen LogP contribution in [0.2, 0.25) is 0 Å². The third-order valence-electron chi connectivity index (χ3n) is 4.83. The maximum Gasteiger partial charge on any atom is 0.225 e. The van der Waals surface area contributed by atoms with Gasteiger partial charge in [0.15, 0.2) is 5.96 Å². The molecule has 1 aliphatic carbocycles. The molecule has 1 saturated carbocycles. The number of ether oxygens (including phenoxy) is 2. The molecule has 1 unspecified atom stereocenters. The third kappa shape index (κ3) is 7.96. The van der Waals surface area contributed by atoms with Gasteiger partial charge in [0.2, 0.25) is 5.91 Å². The molecule has 0 radical (unpaired) electrons. The Balaban J connectivity index is 0.00000338. The Hall–Kier alpha value is -0.610. The van der Waals surface area contributed by atoms with Crippen LogP contribution >= 0.6 is 24.0 Å². The summed E-state index contributed by atoms with van der Waals surface area (Å²) in [5.74, 6) is 1.43. The number of methoxy groups -OCH3 is 1. The van der Waals surface area contributed by atoms with E-state index in [1.807, 2.05) is 4.90 Å². The molecular weight excluding hydrogens is 447 g/mol. The van der Waals surface area contributed by atoms with E-state index < -0.39 is 0 Å². The lowest BCUT2D eigenvalue weighted by Gasteiger charge is -2.21. The molecule has 2 rings (SSSR count). The zero-order chi connectivity index (χ0) is 17.9. The highest BCUT2D eigenvalue weighted by Crippen LogP contribution is 2.27. The van der Waals surface area contributed by atoms with Crippen LogP contribution in [0.3, 0.4) is 0 Å². The van der Waals surface area contributed by atoms with Crippen molar-refractivity contribution in [1.82, 2.24) is 15.5 Å². The minimum Gasteiger partial charge on any atom is -0.382 e. The fourth-order valence-electron chi connectivity index (χ4n) is 3.49. The van der Waals surface area contributed by atoms with Crippen LogP contribution in [-0.2, 0) is 14.3 Å². The summed E-state index contributed by atoms with van der Waals surface area (Å²) >= 11 is 0. The topological polar surface area (TPSA) is 75.2 Å². The number of hydrogen-bond donors (Lipinski definition) is 2. The number of amides is 1. The first-order chi connectivity index (χ1) is 12.2. The summed E-state index contributed by atoms with van der Waals surface area (Å²) in [5, 5.41) is 6.73. The van der Waals surface area contributed by atoms with Crippen molar-refractivity contribution in [2.75, 3.05) is 53.1 Å². The number of nitrogens with zero attached hydrogens (tertiary/aromatic N) is 2. The quantitative estimate of drug-likeness (QED) is 0.226. The zero-order valence-electron chi connectivity index (χ0n) is 16.2. The summed E-state index contributed by atoms with van der Waals surface area (Å²) in [7, 11) is 1.66. The number of halogens is 1. The monoisotopic (exact) mass is 482 g/mol. The molecule has 0 spiro atoms. The minimum absolute atomic E-state index is 0. The predicted octanol–water partition coefficient (Wildman–Crippen LogP) is 1.61. The van der Waals surface area contributed by atoms with E-state index in [4.69, 9.17) is 9.47 Å². The molecule has 1 saturated heterocycles. The van der Waals surface area contributed by atoms with E-state index in [2.05, 4.69) is 22.5 Å². The molecule has 1 aliphatic heterocycles. The van der Waals surface area contributed by atoms with Gasteiger partial charge in [-0.05, 0) is 26.2 Å². The SMILES string of the molecule is CCNC(=NCCOCCOC)NC1CCN(C(=O)C2CCCC2)C1.I. The maximum atomic E-state index is 12.5. The highest BCUT2D eigenvalue weighted by Gasteiger charge is 2.32. The lowest BCUT2D eigenvalue weighted by molar-refractivity contribution is -0.134. The van der Waals surface area contributed by atoms with Crippen molar-refractivity contribution in [3.63, 3.8) is 0 Å². The molecule has 1 atom stereocenters. The largest absolute Gasteiger partial charge is 0.382 e. The van der Waals surface area contributed by atoms with Crippen LogP contribution in [0.15, 0.2) is 4.99 Å². The first kappa shape index (κ1) is 23.4. The highest BCUT2D eigenvalue weighted by molar-refractivity contribution is 14.0. The lowest BCUT2D eigenvalue weighted by Crippen LogP contribution is -2.45. The van der Waals surface area contributed by atoms with Crippen LogP contribution < -0.4 is 10.6 Å². The van der Waals surface area contributed by atoms with Crippen LogP contribution in [0.25, 0.3) is 0 Å². The molecule has 2 aliphatic rings. The van der Waals surface area contributed by atoms with E-state index in [9.17, 15) is 4.79 Å². The van der Waals surface area contributed by atoms with Gasteiger partial charge >= 0.3 is 0 Å². The first-order valence-electron chi connectivity index (χ1n) is 9.65. The molecule has 0 aromatic rings. The van der Waals surface area contributed by atoms with E-state index in [1.54, 1.807) is 7.11 Å². The van der Waals surface area contributed by atoms with Crippen molar-refractivity contribution in [3.8, 4) is 0 Å². The van der Waals surface area contributed by atoms with Gasteiger partial charge < -0.3 is 25.0 Å². The number of guanidine groups is 1. The fraction of sp³-hybridized carbons (Fsp3) is 0.889. The number of nitrogens with one attached hydrogen (secondary N) is 2. The summed E-state index contributed by atoms with van der Waals surface area (Å²) in [6.45, 7) is 6.89. The Labute approximate surface area is 174 Å². The van der Waals surface area contributed by atoms with Crippen molar-refractivity contribution < 1.29 is 14.3 Å². The molecular formula is C18H35IN4O3. The Morgan fingerprint density at radius 2 is 1.96 bits per heavy atom. The van der Waals surface area contributed by atoms with Crippen LogP contribution in [0.5, 0.6) is 0 Å². The maximum absolute atomic E-state index is 12.5. The van der Waals surface area contributed by atoms with Gasteiger partial charge in [0, 0.05) is 38.7 Å². The second-order valence-electron chi connectivity index (χ2n) is 6.76. The Kier molecular flexibility index (Phi) is 12.2. The molecule has 0 bridgehead atoms. The van der Waals surface area contributed by atoms with Crippen LogP contribution in [0.1, 0.15) is 39.0 Å². The fourth-order valence-corrected chi connectivity index (χ4v) is 3.49. The molecule has 0 aromatic heterocycles.